The van der Waals surface area contributed by atoms with Crippen LogP contribution in [0.5, 0.6) is 5.75 Å². The van der Waals surface area contributed by atoms with Crippen molar-refractivity contribution >= 4 is 29.9 Å². The summed E-state index contributed by atoms with van der Waals surface area (Å²) in [6, 6.07) is 9.06. The Hall–Kier alpha value is -1.02. The Morgan fingerprint density at radius 3 is 2.42 bits per heavy atom. The molecule has 1 saturated heterocycles. The van der Waals surface area contributed by atoms with E-state index in [0.717, 1.165) is 44.3 Å². The van der Waals surface area contributed by atoms with Crippen LogP contribution in [0, 0.1) is 0 Å². The molecule has 1 aromatic carbocycles. The van der Waals surface area contributed by atoms with Gasteiger partial charge < -0.3 is 20.1 Å². The van der Waals surface area contributed by atoms with Gasteiger partial charge in [-0.1, -0.05) is 25.0 Å². The second kappa shape index (κ2) is 10.3. The van der Waals surface area contributed by atoms with Gasteiger partial charge in [-0.2, -0.15) is 0 Å². The maximum atomic E-state index is 5.63. The third-order valence-corrected chi connectivity index (χ3v) is 5.67. The van der Waals surface area contributed by atoms with E-state index in [1.807, 2.05) is 7.05 Å². The lowest BCUT2D eigenvalue weighted by Crippen LogP contribution is -2.49. The quantitative estimate of drug-likeness (QED) is 0.391. The van der Waals surface area contributed by atoms with Gasteiger partial charge in [-0.05, 0) is 43.4 Å². The van der Waals surface area contributed by atoms with E-state index in [1.54, 1.807) is 7.11 Å². The summed E-state index contributed by atoms with van der Waals surface area (Å²) in [6.45, 7) is 2.49. The highest BCUT2D eigenvalue weighted by Gasteiger charge is 2.34. The molecule has 3 rings (SSSR count). The third-order valence-electron chi connectivity index (χ3n) is 5.67. The summed E-state index contributed by atoms with van der Waals surface area (Å²) in [5.41, 5.74) is 1.43. The van der Waals surface area contributed by atoms with Crippen LogP contribution in [0.25, 0.3) is 0 Å². The van der Waals surface area contributed by atoms with Crippen LogP contribution in [-0.2, 0) is 10.2 Å². The van der Waals surface area contributed by atoms with Gasteiger partial charge in [0.2, 0.25) is 0 Å². The number of nitrogens with zero attached hydrogens (tertiary/aromatic N) is 1. The molecule has 0 spiro atoms. The molecule has 1 aliphatic carbocycles. The predicted molar refractivity (Wildman–Crippen MR) is 117 cm³/mol. The largest absolute Gasteiger partial charge is 0.497 e. The van der Waals surface area contributed by atoms with Gasteiger partial charge in [-0.25, -0.2) is 0 Å². The minimum Gasteiger partial charge on any atom is -0.497 e. The van der Waals surface area contributed by atoms with Crippen molar-refractivity contribution in [3.63, 3.8) is 0 Å². The highest BCUT2D eigenvalue weighted by Crippen LogP contribution is 2.35. The van der Waals surface area contributed by atoms with Crippen molar-refractivity contribution in [1.29, 1.82) is 0 Å². The van der Waals surface area contributed by atoms with Crippen molar-refractivity contribution in [3.8, 4) is 5.75 Å². The van der Waals surface area contributed by atoms with Crippen LogP contribution in [0.1, 0.15) is 44.1 Å². The van der Waals surface area contributed by atoms with Crippen molar-refractivity contribution < 1.29 is 9.47 Å². The number of methoxy groups -OCH3 is 1. The molecule has 0 radical (unpaired) electrons. The average Bonchev–Trinajstić information content (AvgIpc) is 3.19. The van der Waals surface area contributed by atoms with Crippen molar-refractivity contribution in [2.45, 2.75) is 50.0 Å². The number of hydrogen-bond acceptors (Lipinski definition) is 3. The summed E-state index contributed by atoms with van der Waals surface area (Å²) >= 11 is 0. The van der Waals surface area contributed by atoms with Crippen LogP contribution in [0.3, 0.4) is 0 Å². The molecule has 0 bridgehead atoms. The van der Waals surface area contributed by atoms with Crippen LogP contribution < -0.4 is 15.4 Å². The molecule has 5 nitrogen and oxygen atoms in total. The van der Waals surface area contributed by atoms with E-state index >= 15 is 0 Å². The van der Waals surface area contributed by atoms with Crippen LogP contribution in [0.4, 0.5) is 0 Å². The monoisotopic (exact) mass is 473 g/mol. The lowest BCUT2D eigenvalue weighted by molar-refractivity contribution is 0.0513. The number of benzene rings is 1. The molecule has 1 heterocycles. The first kappa shape index (κ1) is 21.3. The number of ether oxygens (including phenoxy) is 2. The molecule has 0 unspecified atom stereocenters. The molecule has 0 aromatic heterocycles. The lowest BCUT2D eigenvalue weighted by Gasteiger charge is -2.38. The summed E-state index contributed by atoms with van der Waals surface area (Å²) in [7, 11) is 3.56. The third kappa shape index (κ3) is 5.25. The Morgan fingerprint density at radius 1 is 1.19 bits per heavy atom. The van der Waals surface area contributed by atoms with Gasteiger partial charge >= 0.3 is 0 Å². The van der Waals surface area contributed by atoms with E-state index in [9.17, 15) is 0 Å². The molecule has 1 aliphatic heterocycles. The zero-order valence-electron chi connectivity index (χ0n) is 15.9. The molecule has 146 valence electrons. The van der Waals surface area contributed by atoms with Crippen LogP contribution in [0.2, 0.25) is 0 Å². The van der Waals surface area contributed by atoms with Gasteiger partial charge in [0.15, 0.2) is 5.96 Å². The topological polar surface area (TPSA) is 54.9 Å². The minimum absolute atomic E-state index is 0. The molecular formula is C20H32IN3O2. The normalized spacial score (nSPS) is 20.3. The van der Waals surface area contributed by atoms with Crippen molar-refractivity contribution in [2.24, 2.45) is 4.99 Å². The number of guanidine groups is 1. The Balaban J connectivity index is 0.00000243. The van der Waals surface area contributed by atoms with Gasteiger partial charge in [0.1, 0.15) is 5.75 Å². The minimum atomic E-state index is 0. The van der Waals surface area contributed by atoms with Crippen molar-refractivity contribution in [1.82, 2.24) is 10.6 Å². The predicted octanol–water partition coefficient (Wildman–Crippen LogP) is 3.47. The maximum Gasteiger partial charge on any atom is 0.191 e. The fourth-order valence-corrected chi connectivity index (χ4v) is 3.99. The van der Waals surface area contributed by atoms with Gasteiger partial charge in [0.25, 0.3) is 0 Å². The Morgan fingerprint density at radius 2 is 1.85 bits per heavy atom. The van der Waals surface area contributed by atoms with E-state index in [2.05, 4.69) is 39.9 Å². The summed E-state index contributed by atoms with van der Waals surface area (Å²) < 4.78 is 10.9. The summed E-state index contributed by atoms with van der Waals surface area (Å²) in [6.07, 6.45) is 7.18. The number of hydrogen-bond donors (Lipinski definition) is 2. The Bertz CT molecular complexity index is 565. The molecule has 0 amide bonds. The zero-order chi connectivity index (χ0) is 17.5. The smallest absolute Gasteiger partial charge is 0.191 e. The fourth-order valence-electron chi connectivity index (χ4n) is 3.99. The maximum absolute atomic E-state index is 5.63. The summed E-state index contributed by atoms with van der Waals surface area (Å²) in [5, 5.41) is 7.17. The SMILES string of the molecule is CN=C(NCC1(c2ccc(OC)cc2)CCOCC1)NC1CCCC1.I. The van der Waals surface area contributed by atoms with Gasteiger partial charge in [0, 0.05) is 38.3 Å². The number of rotatable bonds is 5. The molecule has 0 atom stereocenters. The molecule has 1 saturated carbocycles. The molecule has 26 heavy (non-hydrogen) atoms. The van der Waals surface area contributed by atoms with Gasteiger partial charge in [-0.3, -0.25) is 4.99 Å². The molecule has 1 aromatic rings. The fraction of sp³-hybridized carbons (Fsp3) is 0.650. The van der Waals surface area contributed by atoms with E-state index < -0.39 is 0 Å². The molecule has 2 aliphatic rings. The first-order valence-corrected chi connectivity index (χ1v) is 9.45. The van der Waals surface area contributed by atoms with Crippen molar-refractivity contribution in [2.75, 3.05) is 33.9 Å². The highest BCUT2D eigenvalue weighted by molar-refractivity contribution is 14.0. The van der Waals surface area contributed by atoms with Crippen LogP contribution >= 0.6 is 24.0 Å². The van der Waals surface area contributed by atoms with Crippen LogP contribution in [-0.4, -0.2) is 45.9 Å². The first-order chi connectivity index (χ1) is 12.3. The van der Waals surface area contributed by atoms with E-state index in [0.29, 0.717) is 6.04 Å². The summed E-state index contributed by atoms with van der Waals surface area (Å²) in [4.78, 5) is 4.43. The highest BCUT2D eigenvalue weighted by atomic mass is 127. The lowest BCUT2D eigenvalue weighted by atomic mass is 9.74. The summed E-state index contributed by atoms with van der Waals surface area (Å²) in [5.74, 6) is 1.82. The van der Waals surface area contributed by atoms with Crippen LogP contribution in [0.15, 0.2) is 29.3 Å². The number of nitrogens with one attached hydrogen (secondary N) is 2. The number of aliphatic imine (C=N–C) groups is 1. The van der Waals surface area contributed by atoms with E-state index in [4.69, 9.17) is 9.47 Å². The van der Waals surface area contributed by atoms with E-state index in [1.165, 1.54) is 31.2 Å². The van der Waals surface area contributed by atoms with Gasteiger partial charge in [0.05, 0.1) is 7.11 Å². The molecule has 2 fully saturated rings. The first-order valence-electron chi connectivity index (χ1n) is 9.45. The second-order valence-corrected chi connectivity index (χ2v) is 7.17. The van der Waals surface area contributed by atoms with Crippen molar-refractivity contribution in [3.05, 3.63) is 29.8 Å². The van der Waals surface area contributed by atoms with E-state index in [-0.39, 0.29) is 29.4 Å². The zero-order valence-corrected chi connectivity index (χ0v) is 18.3. The molecule has 2 N–H and O–H groups in total. The Kier molecular flexibility index (Phi) is 8.47. The molecule has 6 heteroatoms. The number of halogens is 1. The Labute approximate surface area is 174 Å². The average molecular weight is 473 g/mol. The molecular weight excluding hydrogens is 441 g/mol. The standard InChI is InChI=1S/C20H31N3O2.HI/c1-21-19(23-17-5-3-4-6-17)22-15-20(11-13-25-14-12-20)16-7-9-18(24-2)10-8-16;/h7-10,17H,3-6,11-15H2,1-2H3,(H2,21,22,23);1H. The van der Waals surface area contributed by atoms with Gasteiger partial charge in [-0.15, -0.1) is 24.0 Å². The second-order valence-electron chi connectivity index (χ2n) is 7.17.